The predicted molar refractivity (Wildman–Crippen MR) is 135 cm³/mol. The molecule has 2 unspecified atom stereocenters. The Hall–Kier alpha value is -4.66. The molecule has 1 heterocycles. The van der Waals surface area contributed by atoms with E-state index in [1.54, 1.807) is 0 Å². The van der Waals surface area contributed by atoms with Crippen LogP contribution in [0.5, 0.6) is 0 Å². The highest BCUT2D eigenvalue weighted by molar-refractivity contribution is 6.08. The monoisotopic (exact) mass is 486 g/mol. The Morgan fingerprint density at radius 2 is 1.72 bits per heavy atom. The summed E-state index contributed by atoms with van der Waals surface area (Å²) in [4.78, 5) is 52.8. The number of carbonyl (C=O) groups is 4. The summed E-state index contributed by atoms with van der Waals surface area (Å²) in [6.07, 6.45) is 0.147. The zero-order valence-corrected chi connectivity index (χ0v) is 19.6. The average molecular weight is 487 g/mol. The maximum atomic E-state index is 14.0. The van der Waals surface area contributed by atoms with E-state index in [1.165, 1.54) is 29.2 Å². The number of amides is 4. The van der Waals surface area contributed by atoms with E-state index >= 15 is 0 Å². The molecule has 184 valence electrons. The van der Waals surface area contributed by atoms with E-state index in [-0.39, 0.29) is 23.6 Å². The van der Waals surface area contributed by atoms with Crippen LogP contribution in [0.4, 0.5) is 16.2 Å². The predicted octanol–water partition coefficient (Wildman–Crippen LogP) is 3.00. The number of carboxylic acids is 1. The van der Waals surface area contributed by atoms with E-state index in [2.05, 4.69) is 0 Å². The van der Waals surface area contributed by atoms with Crippen LogP contribution >= 0.6 is 0 Å². The van der Waals surface area contributed by atoms with Crippen molar-refractivity contribution in [3.63, 3.8) is 0 Å². The lowest BCUT2D eigenvalue weighted by Crippen LogP contribution is -2.54. The van der Waals surface area contributed by atoms with Gasteiger partial charge in [-0.2, -0.15) is 0 Å². The fourth-order valence-corrected chi connectivity index (χ4v) is 4.72. The van der Waals surface area contributed by atoms with E-state index in [1.807, 2.05) is 55.5 Å². The molecule has 5 N–H and O–H groups in total. The number of aromatic carboxylic acids is 1. The molecule has 0 saturated carbocycles. The first-order chi connectivity index (χ1) is 17.2. The number of nitrogens with two attached hydrogens (primary N) is 2. The molecule has 1 aliphatic rings. The molecule has 0 bridgehead atoms. The van der Waals surface area contributed by atoms with E-state index in [0.29, 0.717) is 5.69 Å². The van der Waals surface area contributed by atoms with Gasteiger partial charge in [0.1, 0.15) is 12.6 Å². The molecule has 3 aromatic carbocycles. The minimum Gasteiger partial charge on any atom is -0.478 e. The number of fused-ring (bicyclic) bond motifs is 1. The molecule has 4 rings (SSSR count). The van der Waals surface area contributed by atoms with Gasteiger partial charge in [-0.3, -0.25) is 14.5 Å². The second-order valence-corrected chi connectivity index (χ2v) is 8.73. The summed E-state index contributed by atoms with van der Waals surface area (Å²) in [6.45, 7) is 1.48. The molecule has 4 amide bonds. The van der Waals surface area contributed by atoms with Gasteiger partial charge in [-0.1, -0.05) is 48.5 Å². The van der Waals surface area contributed by atoms with Crippen LogP contribution in [0.2, 0.25) is 0 Å². The van der Waals surface area contributed by atoms with Crippen LogP contribution in [0.15, 0.2) is 72.8 Å². The molecule has 1 aliphatic heterocycles. The minimum atomic E-state index is -1.19. The van der Waals surface area contributed by atoms with Gasteiger partial charge in [0.25, 0.3) is 5.91 Å². The highest BCUT2D eigenvalue weighted by Gasteiger charge is 2.41. The smallest absolute Gasteiger partial charge is 0.335 e. The Kier molecular flexibility index (Phi) is 6.73. The van der Waals surface area contributed by atoms with Gasteiger partial charge in [0, 0.05) is 17.3 Å². The van der Waals surface area contributed by atoms with Crippen LogP contribution in [-0.4, -0.2) is 41.5 Å². The van der Waals surface area contributed by atoms with Crippen LogP contribution in [0.25, 0.3) is 0 Å². The van der Waals surface area contributed by atoms with Gasteiger partial charge in [0.2, 0.25) is 5.91 Å². The van der Waals surface area contributed by atoms with Crippen molar-refractivity contribution in [2.45, 2.75) is 25.3 Å². The number of primary amides is 2. The van der Waals surface area contributed by atoms with Gasteiger partial charge in [0.15, 0.2) is 0 Å². The topological polar surface area (TPSA) is 147 Å². The molecule has 0 spiro atoms. The number of carbonyl (C=O) groups excluding carboxylic acids is 3. The van der Waals surface area contributed by atoms with E-state index < -0.39 is 36.4 Å². The lowest BCUT2D eigenvalue weighted by molar-refractivity contribution is -0.123. The number of anilines is 2. The zero-order valence-electron chi connectivity index (χ0n) is 19.6. The summed E-state index contributed by atoms with van der Waals surface area (Å²) >= 11 is 0. The largest absolute Gasteiger partial charge is 0.478 e. The SMILES string of the molecule is Cc1ccc2c(c1)N(CC(N)=O)C(=O)C(N(C(N)=O)c1cccc(C(=O)O)c1)CC2c1ccccc1. The van der Waals surface area contributed by atoms with Crippen molar-refractivity contribution in [1.82, 2.24) is 0 Å². The lowest BCUT2D eigenvalue weighted by atomic mass is 9.85. The Morgan fingerprint density at radius 1 is 1.00 bits per heavy atom. The standard InChI is InChI=1S/C27H26N4O5/c1-16-10-11-20-21(17-6-3-2-4-7-17)14-23(25(33)30(15-24(28)32)22(20)12-16)31(27(29)36)19-9-5-8-18(13-19)26(34)35/h2-13,21,23H,14-15H2,1H3,(H2,28,32)(H2,29,36)(H,34,35). The summed E-state index contributed by atoms with van der Waals surface area (Å²) in [7, 11) is 0. The highest BCUT2D eigenvalue weighted by atomic mass is 16.4. The molecule has 0 aromatic heterocycles. The Morgan fingerprint density at radius 3 is 2.36 bits per heavy atom. The molecule has 9 nitrogen and oxygen atoms in total. The molecule has 3 aromatic rings. The van der Waals surface area contributed by atoms with Crippen molar-refractivity contribution in [3.05, 3.63) is 95.1 Å². The first kappa shape index (κ1) is 24.5. The number of carboxylic acid groups (broad SMARTS) is 1. The van der Waals surface area contributed by atoms with Crippen LogP contribution < -0.4 is 21.3 Å². The Bertz CT molecular complexity index is 1340. The number of rotatable bonds is 6. The maximum absolute atomic E-state index is 14.0. The summed E-state index contributed by atoms with van der Waals surface area (Å²) in [6, 6.07) is 18.7. The molecule has 2 atom stereocenters. The second-order valence-electron chi connectivity index (χ2n) is 8.73. The molecule has 36 heavy (non-hydrogen) atoms. The summed E-state index contributed by atoms with van der Waals surface area (Å²) in [5.41, 5.74) is 14.5. The molecule has 9 heteroatoms. The maximum Gasteiger partial charge on any atom is 0.335 e. The van der Waals surface area contributed by atoms with Crippen LogP contribution in [0, 0.1) is 6.92 Å². The fourth-order valence-electron chi connectivity index (χ4n) is 4.72. The minimum absolute atomic E-state index is 0.0627. The normalized spacial score (nSPS) is 17.1. The Labute approximate surface area is 207 Å². The van der Waals surface area contributed by atoms with E-state index in [9.17, 15) is 24.3 Å². The van der Waals surface area contributed by atoms with Crippen LogP contribution in [0.1, 0.15) is 39.4 Å². The fraction of sp³-hybridized carbons (Fsp3) is 0.185. The van der Waals surface area contributed by atoms with Crippen molar-refractivity contribution in [1.29, 1.82) is 0 Å². The number of hydrogen-bond acceptors (Lipinski definition) is 4. The van der Waals surface area contributed by atoms with Gasteiger partial charge >= 0.3 is 12.0 Å². The average Bonchev–Trinajstić information content (AvgIpc) is 2.95. The Balaban J connectivity index is 1.93. The van der Waals surface area contributed by atoms with E-state index in [4.69, 9.17) is 11.5 Å². The number of urea groups is 1. The van der Waals surface area contributed by atoms with E-state index in [0.717, 1.165) is 21.6 Å². The number of benzene rings is 3. The summed E-state index contributed by atoms with van der Waals surface area (Å²) in [5.74, 6) is -2.78. The van der Waals surface area contributed by atoms with Gasteiger partial charge in [0.05, 0.1) is 5.56 Å². The van der Waals surface area contributed by atoms with Crippen molar-refractivity contribution >= 4 is 35.2 Å². The first-order valence-electron chi connectivity index (χ1n) is 11.3. The van der Waals surface area contributed by atoms with Gasteiger partial charge in [-0.25, -0.2) is 9.59 Å². The molecule has 0 aliphatic carbocycles. The van der Waals surface area contributed by atoms with Crippen molar-refractivity contribution in [2.24, 2.45) is 11.5 Å². The third-order valence-corrected chi connectivity index (χ3v) is 6.30. The third kappa shape index (κ3) is 4.76. The molecular weight excluding hydrogens is 460 g/mol. The lowest BCUT2D eigenvalue weighted by Gasteiger charge is -2.32. The highest BCUT2D eigenvalue weighted by Crippen LogP contribution is 2.41. The van der Waals surface area contributed by atoms with Crippen molar-refractivity contribution < 1.29 is 24.3 Å². The molecule has 0 fully saturated rings. The number of nitrogens with zero attached hydrogens (tertiary/aromatic N) is 2. The number of hydrogen-bond donors (Lipinski definition) is 3. The van der Waals surface area contributed by atoms with Gasteiger partial charge in [-0.15, -0.1) is 0 Å². The second kappa shape index (κ2) is 9.91. The van der Waals surface area contributed by atoms with Crippen molar-refractivity contribution in [2.75, 3.05) is 16.3 Å². The van der Waals surface area contributed by atoms with Crippen molar-refractivity contribution in [3.8, 4) is 0 Å². The van der Waals surface area contributed by atoms with Crippen LogP contribution in [0.3, 0.4) is 0 Å². The molecule has 0 saturated heterocycles. The van der Waals surface area contributed by atoms with Crippen LogP contribution in [-0.2, 0) is 9.59 Å². The quantitative estimate of drug-likeness (QED) is 0.490. The number of aryl methyl sites for hydroxylation is 1. The summed E-state index contributed by atoms with van der Waals surface area (Å²) < 4.78 is 0. The third-order valence-electron chi connectivity index (χ3n) is 6.30. The van der Waals surface area contributed by atoms with Gasteiger partial charge in [-0.05, 0) is 54.3 Å². The summed E-state index contributed by atoms with van der Waals surface area (Å²) in [5, 5.41) is 9.45. The molecular formula is C27H26N4O5. The molecule has 0 radical (unpaired) electrons. The van der Waals surface area contributed by atoms with Gasteiger partial charge < -0.3 is 21.5 Å². The first-order valence-corrected chi connectivity index (χ1v) is 11.3. The zero-order chi connectivity index (χ0) is 26.0.